The van der Waals surface area contributed by atoms with Crippen LogP contribution in [-0.2, 0) is 4.74 Å². The van der Waals surface area contributed by atoms with E-state index in [-0.39, 0.29) is 24.1 Å². The summed E-state index contributed by atoms with van der Waals surface area (Å²) in [6, 6.07) is -0.226. The quantitative estimate of drug-likeness (QED) is 0.584. The van der Waals surface area contributed by atoms with E-state index in [2.05, 4.69) is 20.8 Å². The van der Waals surface area contributed by atoms with Gasteiger partial charge in [-0.2, -0.15) is 0 Å². The monoisotopic (exact) mass is 222 g/mol. The topological polar surface area (TPSA) is 29.5 Å². The number of aliphatic hydroxyl groups excluding tert-OH is 1. The zero-order chi connectivity index (χ0) is 12.3. The zero-order valence-electron chi connectivity index (χ0n) is 10.9. The molecule has 2 radical (unpaired) electrons. The molecule has 1 rings (SSSR count). The van der Waals surface area contributed by atoms with Gasteiger partial charge in [-0.3, -0.25) is 0 Å². The standard InChI is InChI=1S/C13H23BO2/c1-5-6-13(3,4)12-10(8-15)9(2)7-11(14)16-12/h11-12,15H,5-8H2,1-4H3/t11-,12?/m1/s1. The van der Waals surface area contributed by atoms with E-state index in [1.54, 1.807) is 0 Å². The fraction of sp³-hybridized carbons (Fsp3) is 0.846. The molecule has 90 valence electrons. The van der Waals surface area contributed by atoms with Crippen LogP contribution in [0.4, 0.5) is 0 Å². The number of aliphatic hydroxyl groups is 1. The Morgan fingerprint density at radius 3 is 2.62 bits per heavy atom. The first kappa shape index (κ1) is 13.8. The number of hydrogen-bond donors (Lipinski definition) is 1. The average Bonchev–Trinajstić information content (AvgIpc) is 2.16. The fourth-order valence-corrected chi connectivity index (χ4v) is 2.61. The lowest BCUT2D eigenvalue weighted by molar-refractivity contribution is -0.0373. The van der Waals surface area contributed by atoms with Gasteiger partial charge in [0.25, 0.3) is 0 Å². The normalized spacial score (nSPS) is 27.3. The summed E-state index contributed by atoms with van der Waals surface area (Å²) < 4.78 is 5.84. The van der Waals surface area contributed by atoms with Crippen molar-refractivity contribution in [1.29, 1.82) is 0 Å². The van der Waals surface area contributed by atoms with Crippen molar-refractivity contribution in [2.45, 2.75) is 59.1 Å². The molecule has 0 aromatic carbocycles. The minimum atomic E-state index is -0.226. The molecule has 16 heavy (non-hydrogen) atoms. The maximum Gasteiger partial charge on any atom is 0.109 e. The maximum absolute atomic E-state index is 9.47. The molecule has 1 aliphatic heterocycles. The molecule has 2 atom stereocenters. The van der Waals surface area contributed by atoms with Crippen LogP contribution in [0.1, 0.15) is 47.0 Å². The van der Waals surface area contributed by atoms with Gasteiger partial charge in [0.2, 0.25) is 0 Å². The molecule has 0 saturated carbocycles. The van der Waals surface area contributed by atoms with Gasteiger partial charge in [0.1, 0.15) is 7.85 Å². The summed E-state index contributed by atoms with van der Waals surface area (Å²) >= 11 is 0. The molecule has 0 amide bonds. The lowest BCUT2D eigenvalue weighted by Gasteiger charge is -2.41. The molecule has 0 aromatic heterocycles. The second kappa shape index (κ2) is 5.37. The van der Waals surface area contributed by atoms with Gasteiger partial charge in [0, 0.05) is 6.00 Å². The van der Waals surface area contributed by atoms with Gasteiger partial charge in [0.05, 0.1) is 12.7 Å². The first-order valence-electron chi connectivity index (χ1n) is 6.12. The SMILES string of the molecule is [B][C@H]1CC(C)=C(CO)C(C(C)(C)CCC)O1. The minimum absolute atomic E-state index is 0.0338. The van der Waals surface area contributed by atoms with Crippen molar-refractivity contribution in [2.75, 3.05) is 6.61 Å². The Kier molecular flexibility index (Phi) is 4.63. The maximum atomic E-state index is 9.47. The van der Waals surface area contributed by atoms with Crippen LogP contribution in [0.2, 0.25) is 0 Å². The highest BCUT2D eigenvalue weighted by Crippen LogP contribution is 2.38. The largest absolute Gasteiger partial charge is 0.392 e. The average molecular weight is 222 g/mol. The van der Waals surface area contributed by atoms with Crippen LogP contribution in [0.25, 0.3) is 0 Å². The van der Waals surface area contributed by atoms with Gasteiger partial charge >= 0.3 is 0 Å². The van der Waals surface area contributed by atoms with Gasteiger partial charge in [-0.15, -0.1) is 0 Å². The van der Waals surface area contributed by atoms with E-state index in [0.717, 1.165) is 24.8 Å². The molecule has 2 nitrogen and oxygen atoms in total. The van der Waals surface area contributed by atoms with Gasteiger partial charge in [-0.05, 0) is 30.8 Å². The Bertz CT molecular complexity index is 271. The third kappa shape index (κ3) is 2.89. The summed E-state index contributed by atoms with van der Waals surface area (Å²) in [5.41, 5.74) is 2.25. The molecule has 0 fully saturated rings. The summed E-state index contributed by atoms with van der Waals surface area (Å²) in [7, 11) is 5.89. The summed E-state index contributed by atoms with van der Waals surface area (Å²) in [6.45, 7) is 8.66. The van der Waals surface area contributed by atoms with Gasteiger partial charge in [-0.25, -0.2) is 0 Å². The molecule has 1 aliphatic rings. The Hall–Kier alpha value is -0.275. The summed E-state index contributed by atoms with van der Waals surface area (Å²) in [6.07, 6.45) is 2.87. The Balaban J connectivity index is 2.96. The van der Waals surface area contributed by atoms with E-state index in [1.807, 2.05) is 6.92 Å². The second-order valence-corrected chi connectivity index (χ2v) is 5.46. The van der Waals surface area contributed by atoms with Crippen molar-refractivity contribution in [3.05, 3.63) is 11.1 Å². The van der Waals surface area contributed by atoms with Gasteiger partial charge < -0.3 is 9.84 Å². The molecule has 0 saturated heterocycles. The fourth-order valence-electron chi connectivity index (χ4n) is 2.61. The molecule has 1 N–H and O–H groups in total. The van der Waals surface area contributed by atoms with Crippen molar-refractivity contribution in [1.82, 2.24) is 0 Å². The van der Waals surface area contributed by atoms with E-state index in [1.165, 1.54) is 5.57 Å². The van der Waals surface area contributed by atoms with Crippen molar-refractivity contribution in [3.63, 3.8) is 0 Å². The van der Waals surface area contributed by atoms with Crippen LogP contribution < -0.4 is 0 Å². The van der Waals surface area contributed by atoms with Crippen LogP contribution in [0, 0.1) is 5.41 Å². The minimum Gasteiger partial charge on any atom is -0.392 e. The number of ether oxygens (including phenoxy) is 1. The molecule has 3 heteroatoms. The molecule has 0 bridgehead atoms. The lowest BCUT2D eigenvalue weighted by atomic mass is 9.74. The Labute approximate surface area is 100 Å². The highest BCUT2D eigenvalue weighted by molar-refractivity contribution is 6.11. The number of hydrogen-bond acceptors (Lipinski definition) is 2. The van der Waals surface area contributed by atoms with Crippen LogP contribution in [0.15, 0.2) is 11.1 Å². The molecule has 0 aromatic rings. The second-order valence-electron chi connectivity index (χ2n) is 5.46. The predicted octanol–water partition coefficient (Wildman–Crippen LogP) is 2.41. The first-order valence-corrected chi connectivity index (χ1v) is 6.12. The third-order valence-corrected chi connectivity index (χ3v) is 3.46. The van der Waals surface area contributed by atoms with Gasteiger partial charge in [-0.1, -0.05) is 32.8 Å². The molecular weight excluding hydrogens is 199 g/mol. The van der Waals surface area contributed by atoms with Gasteiger partial charge in [0.15, 0.2) is 0 Å². The zero-order valence-corrected chi connectivity index (χ0v) is 10.9. The highest BCUT2D eigenvalue weighted by Gasteiger charge is 2.36. The van der Waals surface area contributed by atoms with Crippen LogP contribution in [0.5, 0.6) is 0 Å². The van der Waals surface area contributed by atoms with Crippen LogP contribution in [-0.4, -0.2) is 31.7 Å². The van der Waals surface area contributed by atoms with Crippen molar-refractivity contribution in [2.24, 2.45) is 5.41 Å². The van der Waals surface area contributed by atoms with E-state index in [0.29, 0.717) is 0 Å². The van der Waals surface area contributed by atoms with Crippen molar-refractivity contribution < 1.29 is 9.84 Å². The Morgan fingerprint density at radius 2 is 2.12 bits per heavy atom. The lowest BCUT2D eigenvalue weighted by Crippen LogP contribution is -2.41. The first-order chi connectivity index (χ1) is 7.42. The summed E-state index contributed by atoms with van der Waals surface area (Å²) in [5, 5.41) is 9.47. The van der Waals surface area contributed by atoms with Crippen LogP contribution in [0.3, 0.4) is 0 Å². The van der Waals surface area contributed by atoms with E-state index >= 15 is 0 Å². The smallest absolute Gasteiger partial charge is 0.109 e. The molecule has 0 aliphatic carbocycles. The van der Waals surface area contributed by atoms with E-state index in [4.69, 9.17) is 12.6 Å². The third-order valence-electron chi connectivity index (χ3n) is 3.46. The van der Waals surface area contributed by atoms with Crippen LogP contribution >= 0.6 is 0 Å². The molecular formula is C13H23BO2. The van der Waals surface area contributed by atoms with Crippen molar-refractivity contribution >= 4 is 7.85 Å². The summed E-state index contributed by atoms with van der Waals surface area (Å²) in [4.78, 5) is 0. The molecule has 0 spiro atoms. The predicted molar refractivity (Wildman–Crippen MR) is 67.5 cm³/mol. The number of rotatable bonds is 4. The van der Waals surface area contributed by atoms with Crippen molar-refractivity contribution in [3.8, 4) is 0 Å². The molecule has 1 heterocycles. The highest BCUT2D eigenvalue weighted by atomic mass is 16.5. The summed E-state index contributed by atoms with van der Waals surface area (Å²) in [5.74, 6) is 0. The van der Waals surface area contributed by atoms with E-state index in [9.17, 15) is 5.11 Å². The molecule has 1 unspecified atom stereocenters. The Morgan fingerprint density at radius 1 is 1.50 bits per heavy atom. The van der Waals surface area contributed by atoms with E-state index < -0.39 is 0 Å².